The molecule has 0 amide bonds. The highest BCUT2D eigenvalue weighted by molar-refractivity contribution is 6.30. The molecule has 0 aliphatic carbocycles. The molecule has 1 N–H and O–H groups in total. The average Bonchev–Trinajstić information content (AvgIpc) is 2.32. The van der Waals surface area contributed by atoms with Crippen molar-refractivity contribution in [1.29, 1.82) is 0 Å². The highest BCUT2D eigenvalue weighted by atomic mass is 35.5. The van der Waals surface area contributed by atoms with Gasteiger partial charge in [0.05, 0.1) is 11.1 Å². The molecule has 0 fully saturated rings. The van der Waals surface area contributed by atoms with Crippen LogP contribution < -0.4 is 5.32 Å². The van der Waals surface area contributed by atoms with E-state index in [1.807, 2.05) is 6.92 Å². The number of methoxy groups -OCH3 is 2. The minimum Gasteiger partial charge on any atom is -0.354 e. The van der Waals surface area contributed by atoms with E-state index < -0.39 is 0 Å². The van der Waals surface area contributed by atoms with E-state index in [1.54, 1.807) is 26.4 Å². The van der Waals surface area contributed by atoms with Crippen LogP contribution in [-0.4, -0.2) is 26.6 Å². The van der Waals surface area contributed by atoms with Gasteiger partial charge in [-0.05, 0) is 13.0 Å². The lowest BCUT2D eigenvalue weighted by molar-refractivity contribution is -0.119. The zero-order valence-electron chi connectivity index (χ0n) is 10.2. The number of benzene rings is 1. The maximum Gasteiger partial charge on any atom is 0.171 e. The van der Waals surface area contributed by atoms with Gasteiger partial charge >= 0.3 is 0 Å². The lowest BCUT2D eigenvalue weighted by Crippen LogP contribution is -2.39. The largest absolute Gasteiger partial charge is 0.354 e. The van der Waals surface area contributed by atoms with Crippen molar-refractivity contribution in [3.05, 3.63) is 34.6 Å². The second-order valence-electron chi connectivity index (χ2n) is 3.72. The highest BCUT2D eigenvalue weighted by Crippen LogP contribution is 2.17. The van der Waals surface area contributed by atoms with Crippen molar-refractivity contribution in [3.8, 4) is 0 Å². The molecular weight excluding hydrogens is 245 g/mol. The van der Waals surface area contributed by atoms with Gasteiger partial charge in [0.25, 0.3) is 0 Å². The summed E-state index contributed by atoms with van der Waals surface area (Å²) < 4.78 is 23.8. The fraction of sp³-hybridized carbons (Fsp3) is 0.500. The Morgan fingerprint density at radius 2 is 2.00 bits per heavy atom. The van der Waals surface area contributed by atoms with E-state index in [4.69, 9.17) is 21.1 Å². The lowest BCUT2D eigenvalue weighted by Gasteiger charge is -2.22. The SMILES string of the molecule is COC(OC)C(C)NCc1cccc(Cl)c1F. The quantitative estimate of drug-likeness (QED) is 0.799. The molecule has 1 atom stereocenters. The predicted molar refractivity (Wildman–Crippen MR) is 65.5 cm³/mol. The van der Waals surface area contributed by atoms with Crippen LogP contribution in [-0.2, 0) is 16.0 Å². The molecule has 96 valence electrons. The number of hydrogen-bond acceptors (Lipinski definition) is 3. The molecule has 1 rings (SSSR count). The molecule has 5 heteroatoms. The van der Waals surface area contributed by atoms with Crippen LogP contribution in [0.15, 0.2) is 18.2 Å². The third-order valence-electron chi connectivity index (χ3n) is 2.52. The van der Waals surface area contributed by atoms with E-state index in [2.05, 4.69) is 5.32 Å². The number of hydrogen-bond donors (Lipinski definition) is 1. The summed E-state index contributed by atoms with van der Waals surface area (Å²) in [6.45, 7) is 2.27. The van der Waals surface area contributed by atoms with Gasteiger partial charge in [0, 0.05) is 26.3 Å². The monoisotopic (exact) mass is 261 g/mol. The fourth-order valence-corrected chi connectivity index (χ4v) is 1.75. The fourth-order valence-electron chi connectivity index (χ4n) is 1.56. The van der Waals surface area contributed by atoms with Gasteiger partial charge in [-0.25, -0.2) is 4.39 Å². The molecule has 0 aliphatic heterocycles. The van der Waals surface area contributed by atoms with Gasteiger partial charge in [-0.15, -0.1) is 0 Å². The maximum absolute atomic E-state index is 13.6. The Labute approximate surface area is 106 Å². The van der Waals surface area contributed by atoms with Crippen molar-refractivity contribution in [2.45, 2.75) is 25.8 Å². The molecule has 0 aromatic heterocycles. The molecule has 0 bridgehead atoms. The molecule has 0 aliphatic rings. The number of rotatable bonds is 6. The van der Waals surface area contributed by atoms with Crippen molar-refractivity contribution >= 4 is 11.6 Å². The minimum absolute atomic E-state index is 0.0524. The standard InChI is InChI=1S/C12H17ClFNO2/c1-8(12(16-2)17-3)15-7-9-5-4-6-10(13)11(9)14/h4-6,8,12,15H,7H2,1-3H3. The summed E-state index contributed by atoms with van der Waals surface area (Å²) >= 11 is 5.69. The van der Waals surface area contributed by atoms with Crippen LogP contribution in [0.2, 0.25) is 5.02 Å². The molecule has 1 aromatic rings. The van der Waals surface area contributed by atoms with E-state index in [9.17, 15) is 4.39 Å². The maximum atomic E-state index is 13.6. The molecule has 1 aromatic carbocycles. The number of ether oxygens (including phenoxy) is 2. The molecule has 0 saturated heterocycles. The van der Waals surface area contributed by atoms with E-state index in [1.165, 1.54) is 6.07 Å². The normalized spacial score (nSPS) is 13.1. The average molecular weight is 262 g/mol. The molecule has 3 nitrogen and oxygen atoms in total. The summed E-state index contributed by atoms with van der Waals surface area (Å²) in [5.41, 5.74) is 0.523. The first-order valence-electron chi connectivity index (χ1n) is 5.32. The van der Waals surface area contributed by atoms with Crippen LogP contribution in [0, 0.1) is 5.82 Å². The smallest absolute Gasteiger partial charge is 0.171 e. The number of nitrogens with one attached hydrogen (secondary N) is 1. The summed E-state index contributed by atoms with van der Waals surface area (Å²) in [5.74, 6) is -0.389. The molecule has 1 unspecified atom stereocenters. The van der Waals surface area contributed by atoms with E-state index >= 15 is 0 Å². The minimum atomic E-state index is -0.389. The van der Waals surface area contributed by atoms with E-state index in [0.29, 0.717) is 12.1 Å². The van der Waals surface area contributed by atoms with Gasteiger partial charge in [0.2, 0.25) is 0 Å². The Kier molecular flexibility index (Phi) is 5.85. The zero-order valence-corrected chi connectivity index (χ0v) is 10.9. The zero-order chi connectivity index (χ0) is 12.8. The van der Waals surface area contributed by atoms with Crippen LogP contribution in [0.4, 0.5) is 4.39 Å². The first-order chi connectivity index (χ1) is 8.10. The third kappa shape index (κ3) is 3.92. The van der Waals surface area contributed by atoms with Crippen molar-refractivity contribution in [3.63, 3.8) is 0 Å². The van der Waals surface area contributed by atoms with Crippen molar-refractivity contribution in [2.24, 2.45) is 0 Å². The van der Waals surface area contributed by atoms with Crippen LogP contribution in [0.1, 0.15) is 12.5 Å². The molecular formula is C12H17ClFNO2. The van der Waals surface area contributed by atoms with Crippen LogP contribution >= 0.6 is 11.6 Å². The van der Waals surface area contributed by atoms with Gasteiger partial charge < -0.3 is 14.8 Å². The van der Waals surface area contributed by atoms with Crippen molar-refractivity contribution in [1.82, 2.24) is 5.32 Å². The Balaban J connectivity index is 2.58. The highest BCUT2D eigenvalue weighted by Gasteiger charge is 2.15. The summed E-state index contributed by atoms with van der Waals surface area (Å²) in [7, 11) is 3.12. The van der Waals surface area contributed by atoms with Gasteiger partial charge in [-0.3, -0.25) is 0 Å². The first kappa shape index (κ1) is 14.4. The lowest BCUT2D eigenvalue weighted by atomic mass is 10.2. The third-order valence-corrected chi connectivity index (χ3v) is 2.81. The van der Waals surface area contributed by atoms with Crippen LogP contribution in [0.3, 0.4) is 0 Å². The molecule has 0 heterocycles. The van der Waals surface area contributed by atoms with Crippen molar-refractivity contribution in [2.75, 3.05) is 14.2 Å². The van der Waals surface area contributed by atoms with Gasteiger partial charge in [0.15, 0.2) is 6.29 Å². The Morgan fingerprint density at radius 3 is 2.59 bits per heavy atom. The Morgan fingerprint density at radius 1 is 1.35 bits per heavy atom. The molecule has 17 heavy (non-hydrogen) atoms. The molecule has 0 spiro atoms. The molecule has 0 saturated carbocycles. The Bertz CT molecular complexity index is 358. The van der Waals surface area contributed by atoms with Crippen LogP contribution in [0.25, 0.3) is 0 Å². The van der Waals surface area contributed by atoms with Gasteiger partial charge in [0.1, 0.15) is 5.82 Å². The van der Waals surface area contributed by atoms with E-state index in [0.717, 1.165) is 0 Å². The summed E-state index contributed by atoms with van der Waals surface area (Å²) in [4.78, 5) is 0. The Hall–Kier alpha value is -0.680. The summed E-state index contributed by atoms with van der Waals surface area (Å²) in [6, 6.07) is 4.88. The first-order valence-corrected chi connectivity index (χ1v) is 5.69. The topological polar surface area (TPSA) is 30.5 Å². The summed E-state index contributed by atoms with van der Waals surface area (Å²) in [6.07, 6.45) is -0.364. The summed E-state index contributed by atoms with van der Waals surface area (Å²) in [5, 5.41) is 3.25. The molecule has 0 radical (unpaired) electrons. The second-order valence-corrected chi connectivity index (χ2v) is 4.13. The van der Waals surface area contributed by atoms with Gasteiger partial charge in [-0.1, -0.05) is 23.7 Å². The van der Waals surface area contributed by atoms with E-state index in [-0.39, 0.29) is 23.2 Å². The van der Waals surface area contributed by atoms with Crippen molar-refractivity contribution < 1.29 is 13.9 Å². The second kappa shape index (κ2) is 6.91. The van der Waals surface area contributed by atoms with Crippen LogP contribution in [0.5, 0.6) is 0 Å². The predicted octanol–water partition coefficient (Wildman–Crippen LogP) is 2.58. The number of halogens is 2. The van der Waals surface area contributed by atoms with Gasteiger partial charge in [-0.2, -0.15) is 0 Å².